The van der Waals surface area contributed by atoms with Gasteiger partial charge in [0.05, 0.1) is 0 Å². The molecule has 5 rings (SSSR count). The number of nitrogens with one attached hydrogen (secondary N) is 6. The summed E-state index contributed by atoms with van der Waals surface area (Å²) < 4.78 is 0. The smallest absolute Gasteiger partial charge is 0.0456 e. The van der Waals surface area contributed by atoms with E-state index in [1.807, 2.05) is 0 Å². The van der Waals surface area contributed by atoms with Gasteiger partial charge in [0.15, 0.2) is 0 Å². The standard InChI is InChI=1S/C28H37N7/c1-2-4-28-27(3-1)22(20-33-28)9-11-31-23-5-7-24(8-6-23)34-25-10-12-32-26(19-25)21-30-15-18-35-16-13-29-14-17-35/h1-8,10,19-20,29-34H,9,11-18,21H2. The van der Waals surface area contributed by atoms with Crippen LogP contribution in [0.3, 0.4) is 0 Å². The van der Waals surface area contributed by atoms with Crippen molar-refractivity contribution in [3.8, 4) is 0 Å². The lowest BCUT2D eigenvalue weighted by Crippen LogP contribution is -2.46. The van der Waals surface area contributed by atoms with Crippen LogP contribution in [-0.4, -0.2) is 68.8 Å². The number of piperazine rings is 1. The molecular formula is C28H37N7. The number of aromatic amines is 1. The van der Waals surface area contributed by atoms with Gasteiger partial charge in [-0.3, -0.25) is 4.90 Å². The Morgan fingerprint density at radius 2 is 1.74 bits per heavy atom. The summed E-state index contributed by atoms with van der Waals surface area (Å²) in [6.07, 6.45) is 7.50. The molecule has 0 radical (unpaired) electrons. The quantitative estimate of drug-likeness (QED) is 0.241. The molecule has 2 aromatic carbocycles. The maximum absolute atomic E-state index is 3.58. The molecule has 0 atom stereocenters. The highest BCUT2D eigenvalue weighted by molar-refractivity contribution is 5.83. The molecule has 1 saturated heterocycles. The van der Waals surface area contributed by atoms with Crippen LogP contribution in [0.15, 0.2) is 78.3 Å². The minimum atomic E-state index is 0.848. The maximum atomic E-state index is 3.58. The van der Waals surface area contributed by atoms with E-state index in [2.05, 4.69) is 103 Å². The molecule has 35 heavy (non-hydrogen) atoms. The Morgan fingerprint density at radius 3 is 2.63 bits per heavy atom. The van der Waals surface area contributed by atoms with Gasteiger partial charge in [0.1, 0.15) is 0 Å². The van der Waals surface area contributed by atoms with E-state index < -0.39 is 0 Å². The van der Waals surface area contributed by atoms with Gasteiger partial charge >= 0.3 is 0 Å². The fourth-order valence-electron chi connectivity index (χ4n) is 4.70. The van der Waals surface area contributed by atoms with Crippen molar-refractivity contribution in [2.75, 3.05) is 69.5 Å². The van der Waals surface area contributed by atoms with Crippen molar-refractivity contribution in [1.29, 1.82) is 0 Å². The van der Waals surface area contributed by atoms with Gasteiger partial charge in [0.25, 0.3) is 0 Å². The van der Waals surface area contributed by atoms with Crippen molar-refractivity contribution in [2.45, 2.75) is 6.42 Å². The first-order valence-electron chi connectivity index (χ1n) is 12.8. The summed E-state index contributed by atoms with van der Waals surface area (Å²) in [7, 11) is 0. The summed E-state index contributed by atoms with van der Waals surface area (Å²) in [6.45, 7) is 9.25. The van der Waals surface area contributed by atoms with E-state index in [-0.39, 0.29) is 0 Å². The van der Waals surface area contributed by atoms with Crippen LogP contribution in [0.5, 0.6) is 0 Å². The van der Waals surface area contributed by atoms with Crippen LogP contribution >= 0.6 is 0 Å². The average molecular weight is 472 g/mol. The number of nitrogens with zero attached hydrogens (tertiary/aromatic N) is 1. The number of benzene rings is 2. The number of allylic oxidation sites excluding steroid dienone is 1. The predicted molar refractivity (Wildman–Crippen MR) is 147 cm³/mol. The van der Waals surface area contributed by atoms with E-state index in [0.29, 0.717) is 0 Å². The van der Waals surface area contributed by atoms with Crippen molar-refractivity contribution in [1.82, 2.24) is 25.8 Å². The summed E-state index contributed by atoms with van der Waals surface area (Å²) in [5, 5.41) is 18.9. The van der Waals surface area contributed by atoms with Crippen LogP contribution in [0, 0.1) is 0 Å². The van der Waals surface area contributed by atoms with E-state index in [0.717, 1.165) is 82.4 Å². The van der Waals surface area contributed by atoms with Crippen molar-refractivity contribution in [2.24, 2.45) is 0 Å². The Labute approximate surface area is 208 Å². The molecule has 0 bridgehead atoms. The molecule has 0 aliphatic carbocycles. The Kier molecular flexibility index (Phi) is 8.00. The number of dihydropyridines is 1. The van der Waals surface area contributed by atoms with Crippen molar-refractivity contribution in [3.63, 3.8) is 0 Å². The van der Waals surface area contributed by atoms with Gasteiger partial charge in [-0.15, -0.1) is 0 Å². The summed E-state index contributed by atoms with van der Waals surface area (Å²) >= 11 is 0. The van der Waals surface area contributed by atoms with E-state index in [1.165, 1.54) is 22.2 Å². The van der Waals surface area contributed by atoms with Crippen molar-refractivity contribution < 1.29 is 0 Å². The first kappa shape index (κ1) is 23.5. The molecule has 0 amide bonds. The number of H-pyrrole nitrogens is 1. The molecule has 1 fully saturated rings. The van der Waals surface area contributed by atoms with Crippen LogP contribution < -0.4 is 26.6 Å². The fraction of sp³-hybridized carbons (Fsp3) is 0.357. The highest BCUT2D eigenvalue weighted by Gasteiger charge is 2.09. The largest absolute Gasteiger partial charge is 0.385 e. The highest BCUT2D eigenvalue weighted by Crippen LogP contribution is 2.20. The first-order chi connectivity index (χ1) is 17.3. The third kappa shape index (κ3) is 6.66. The van der Waals surface area contributed by atoms with Gasteiger partial charge in [-0.05, 0) is 54.5 Å². The number of hydrogen-bond acceptors (Lipinski definition) is 6. The zero-order valence-electron chi connectivity index (χ0n) is 20.4. The third-order valence-corrected chi connectivity index (χ3v) is 6.68. The van der Waals surface area contributed by atoms with Gasteiger partial charge in [0.2, 0.25) is 0 Å². The summed E-state index contributed by atoms with van der Waals surface area (Å²) in [5.41, 5.74) is 7.16. The normalized spacial score (nSPS) is 16.5. The SMILES string of the molecule is C1=C(Nc2ccc(NCCc3c[nH]c4ccccc34)cc2)C=C(CNCCN2CCNCC2)NC1. The molecule has 3 heterocycles. The van der Waals surface area contributed by atoms with Gasteiger partial charge in [-0.2, -0.15) is 0 Å². The number of para-hydroxylation sites is 1. The summed E-state index contributed by atoms with van der Waals surface area (Å²) in [4.78, 5) is 5.87. The molecule has 2 aliphatic rings. The molecule has 0 spiro atoms. The van der Waals surface area contributed by atoms with Crippen LogP contribution in [0.2, 0.25) is 0 Å². The van der Waals surface area contributed by atoms with E-state index in [9.17, 15) is 0 Å². The Balaban J connectivity index is 1.05. The van der Waals surface area contributed by atoms with Crippen LogP contribution in [0.25, 0.3) is 10.9 Å². The maximum Gasteiger partial charge on any atom is 0.0456 e. The minimum absolute atomic E-state index is 0.848. The molecule has 3 aromatic rings. The second-order valence-electron chi connectivity index (χ2n) is 9.22. The Bertz CT molecular complexity index is 1140. The Morgan fingerprint density at radius 1 is 0.914 bits per heavy atom. The number of rotatable bonds is 11. The minimum Gasteiger partial charge on any atom is -0.385 e. The number of anilines is 2. The van der Waals surface area contributed by atoms with Crippen LogP contribution in [0.4, 0.5) is 11.4 Å². The topological polar surface area (TPSA) is 79.2 Å². The summed E-state index contributed by atoms with van der Waals surface area (Å²) in [6, 6.07) is 17.0. The molecule has 7 nitrogen and oxygen atoms in total. The molecule has 0 saturated carbocycles. The lowest BCUT2D eigenvalue weighted by atomic mass is 10.1. The molecular weight excluding hydrogens is 434 g/mol. The van der Waals surface area contributed by atoms with E-state index in [4.69, 9.17) is 0 Å². The monoisotopic (exact) mass is 471 g/mol. The molecule has 184 valence electrons. The first-order valence-corrected chi connectivity index (χ1v) is 12.8. The van der Waals surface area contributed by atoms with Gasteiger partial charge in [-0.1, -0.05) is 18.2 Å². The van der Waals surface area contributed by atoms with Gasteiger partial charge in [0, 0.05) is 98.8 Å². The van der Waals surface area contributed by atoms with E-state index in [1.54, 1.807) is 0 Å². The zero-order valence-corrected chi connectivity index (χ0v) is 20.4. The molecule has 1 aromatic heterocycles. The number of fused-ring (bicyclic) bond motifs is 1. The molecule has 6 N–H and O–H groups in total. The van der Waals surface area contributed by atoms with Crippen molar-refractivity contribution >= 4 is 22.3 Å². The van der Waals surface area contributed by atoms with Crippen LogP contribution in [0.1, 0.15) is 5.56 Å². The molecule has 7 heteroatoms. The number of hydrogen-bond donors (Lipinski definition) is 6. The second kappa shape index (κ2) is 11.9. The fourth-order valence-corrected chi connectivity index (χ4v) is 4.70. The zero-order chi connectivity index (χ0) is 23.7. The lowest BCUT2D eigenvalue weighted by molar-refractivity contribution is 0.242. The van der Waals surface area contributed by atoms with Gasteiger partial charge in [-0.25, -0.2) is 0 Å². The predicted octanol–water partition coefficient (Wildman–Crippen LogP) is 3.10. The Hall–Kier alpha value is -3.26. The lowest BCUT2D eigenvalue weighted by Gasteiger charge is -2.27. The van der Waals surface area contributed by atoms with E-state index >= 15 is 0 Å². The van der Waals surface area contributed by atoms with Crippen LogP contribution in [-0.2, 0) is 6.42 Å². The van der Waals surface area contributed by atoms with Crippen molar-refractivity contribution in [3.05, 3.63) is 83.8 Å². The highest BCUT2D eigenvalue weighted by atomic mass is 15.2. The second-order valence-corrected chi connectivity index (χ2v) is 9.22. The average Bonchev–Trinajstić information content (AvgIpc) is 3.32. The van der Waals surface area contributed by atoms with Gasteiger partial charge < -0.3 is 31.6 Å². The number of aromatic nitrogens is 1. The summed E-state index contributed by atoms with van der Waals surface area (Å²) in [5.74, 6) is 0. The third-order valence-electron chi connectivity index (χ3n) is 6.68. The molecule has 2 aliphatic heterocycles. The molecule has 0 unspecified atom stereocenters.